The van der Waals surface area contributed by atoms with Crippen LogP contribution in [0, 0.1) is 17.8 Å². The zero-order chi connectivity index (χ0) is 11.3. The lowest BCUT2D eigenvalue weighted by molar-refractivity contribution is -0.144. The first-order chi connectivity index (χ1) is 7.67. The Morgan fingerprint density at radius 2 is 2.44 bits per heavy atom. The summed E-state index contributed by atoms with van der Waals surface area (Å²) in [5.41, 5.74) is -0.304. The predicted molar refractivity (Wildman–Crippen MR) is 58.6 cm³/mol. The highest BCUT2D eigenvalue weighted by Crippen LogP contribution is 2.60. The van der Waals surface area contributed by atoms with Gasteiger partial charge in [0.15, 0.2) is 0 Å². The SMILES string of the molecule is CCOC(=O)C1=C[C@@H]2C[C@@H]3CCC[C@@H]3[C@]12O. The third-order valence-corrected chi connectivity index (χ3v) is 4.64. The molecule has 4 atom stereocenters. The average Bonchev–Trinajstić information content (AvgIpc) is 2.76. The Morgan fingerprint density at radius 3 is 3.19 bits per heavy atom. The maximum atomic E-state index is 11.7. The molecule has 0 spiro atoms. The van der Waals surface area contributed by atoms with E-state index in [9.17, 15) is 9.90 Å². The topological polar surface area (TPSA) is 46.5 Å². The van der Waals surface area contributed by atoms with Gasteiger partial charge in [-0.3, -0.25) is 0 Å². The highest BCUT2D eigenvalue weighted by atomic mass is 16.5. The summed E-state index contributed by atoms with van der Waals surface area (Å²) < 4.78 is 5.00. The van der Waals surface area contributed by atoms with Crippen molar-refractivity contribution in [1.29, 1.82) is 0 Å². The molecule has 0 aromatic rings. The van der Waals surface area contributed by atoms with E-state index in [0.717, 1.165) is 12.8 Å². The van der Waals surface area contributed by atoms with Crippen LogP contribution < -0.4 is 0 Å². The van der Waals surface area contributed by atoms with E-state index in [2.05, 4.69) is 0 Å². The van der Waals surface area contributed by atoms with Crippen LogP contribution in [0.2, 0.25) is 0 Å². The fourth-order valence-corrected chi connectivity index (χ4v) is 3.95. The molecule has 0 heterocycles. The summed E-state index contributed by atoms with van der Waals surface area (Å²) in [5.74, 6) is 0.830. The van der Waals surface area contributed by atoms with E-state index in [1.54, 1.807) is 6.92 Å². The Labute approximate surface area is 95.5 Å². The van der Waals surface area contributed by atoms with Crippen molar-refractivity contribution >= 4 is 5.97 Å². The van der Waals surface area contributed by atoms with Crippen molar-refractivity contribution < 1.29 is 14.6 Å². The zero-order valence-corrected chi connectivity index (χ0v) is 9.61. The van der Waals surface area contributed by atoms with Gasteiger partial charge in [0.25, 0.3) is 0 Å². The van der Waals surface area contributed by atoms with Crippen LogP contribution >= 0.6 is 0 Å². The van der Waals surface area contributed by atoms with Gasteiger partial charge in [-0.25, -0.2) is 4.79 Å². The first-order valence-electron chi connectivity index (χ1n) is 6.29. The van der Waals surface area contributed by atoms with Gasteiger partial charge in [-0.05, 0) is 31.6 Å². The van der Waals surface area contributed by atoms with E-state index >= 15 is 0 Å². The summed E-state index contributed by atoms with van der Waals surface area (Å²) in [5, 5.41) is 10.7. The largest absolute Gasteiger partial charge is 0.463 e. The van der Waals surface area contributed by atoms with E-state index < -0.39 is 5.60 Å². The van der Waals surface area contributed by atoms with E-state index in [1.807, 2.05) is 6.08 Å². The Hall–Kier alpha value is -0.830. The molecule has 3 heteroatoms. The molecule has 88 valence electrons. The average molecular weight is 222 g/mol. The van der Waals surface area contributed by atoms with E-state index in [1.165, 1.54) is 12.8 Å². The molecule has 3 nitrogen and oxygen atoms in total. The molecule has 0 radical (unpaired) electrons. The molecule has 0 aliphatic heterocycles. The first-order valence-corrected chi connectivity index (χ1v) is 6.29. The number of aliphatic hydroxyl groups is 1. The van der Waals surface area contributed by atoms with Crippen molar-refractivity contribution in [2.24, 2.45) is 17.8 Å². The Kier molecular flexibility index (Phi) is 2.15. The predicted octanol–water partition coefficient (Wildman–Crippen LogP) is 1.66. The van der Waals surface area contributed by atoms with Crippen molar-refractivity contribution in [1.82, 2.24) is 0 Å². The van der Waals surface area contributed by atoms with Gasteiger partial charge in [-0.1, -0.05) is 18.9 Å². The molecule has 0 amide bonds. The van der Waals surface area contributed by atoms with Gasteiger partial charge in [0.2, 0.25) is 0 Å². The molecular weight excluding hydrogens is 204 g/mol. The third kappa shape index (κ3) is 1.10. The molecular formula is C13H18O3. The van der Waals surface area contributed by atoms with Crippen LogP contribution in [0.25, 0.3) is 0 Å². The normalized spacial score (nSPS) is 44.4. The zero-order valence-electron chi connectivity index (χ0n) is 9.61. The summed E-state index contributed by atoms with van der Waals surface area (Å²) in [6.07, 6.45) is 6.46. The quantitative estimate of drug-likeness (QED) is 0.723. The fraction of sp³-hybridized carbons (Fsp3) is 0.769. The van der Waals surface area contributed by atoms with Gasteiger partial charge < -0.3 is 9.84 Å². The van der Waals surface area contributed by atoms with Crippen LogP contribution in [0.3, 0.4) is 0 Å². The Bertz CT molecular complexity index is 360. The minimum atomic E-state index is -0.840. The molecule has 1 N–H and O–H groups in total. The number of ether oxygens (including phenoxy) is 1. The van der Waals surface area contributed by atoms with Crippen LogP contribution in [-0.4, -0.2) is 23.3 Å². The van der Waals surface area contributed by atoms with Crippen molar-refractivity contribution in [3.63, 3.8) is 0 Å². The molecule has 3 rings (SSSR count). The first kappa shape index (κ1) is 10.3. The van der Waals surface area contributed by atoms with Crippen molar-refractivity contribution in [3.8, 4) is 0 Å². The second kappa shape index (κ2) is 3.33. The maximum absolute atomic E-state index is 11.7. The molecule has 0 unspecified atom stereocenters. The summed E-state index contributed by atoms with van der Waals surface area (Å²) >= 11 is 0. The number of carbonyl (C=O) groups is 1. The Morgan fingerprint density at radius 1 is 1.62 bits per heavy atom. The van der Waals surface area contributed by atoms with Crippen LogP contribution in [0.4, 0.5) is 0 Å². The van der Waals surface area contributed by atoms with E-state index in [-0.39, 0.29) is 11.9 Å². The number of fused-ring (bicyclic) bond motifs is 3. The molecule has 0 saturated heterocycles. The molecule has 3 aliphatic carbocycles. The second-order valence-corrected chi connectivity index (χ2v) is 5.27. The van der Waals surface area contributed by atoms with Crippen molar-refractivity contribution in [3.05, 3.63) is 11.6 Å². The summed E-state index contributed by atoms with van der Waals surface area (Å²) in [6.45, 7) is 2.18. The van der Waals surface area contributed by atoms with Crippen LogP contribution in [-0.2, 0) is 9.53 Å². The highest BCUT2D eigenvalue weighted by Gasteiger charge is 2.63. The maximum Gasteiger partial charge on any atom is 0.336 e. The minimum Gasteiger partial charge on any atom is -0.463 e. The summed E-state index contributed by atoms with van der Waals surface area (Å²) in [4.78, 5) is 11.7. The highest BCUT2D eigenvalue weighted by molar-refractivity contribution is 5.93. The van der Waals surface area contributed by atoms with Crippen molar-refractivity contribution in [2.75, 3.05) is 6.61 Å². The lowest BCUT2D eigenvalue weighted by Crippen LogP contribution is -2.50. The molecule has 0 aromatic carbocycles. The van der Waals surface area contributed by atoms with Gasteiger partial charge in [0.1, 0.15) is 5.60 Å². The summed E-state index contributed by atoms with van der Waals surface area (Å²) in [7, 11) is 0. The monoisotopic (exact) mass is 222 g/mol. The smallest absolute Gasteiger partial charge is 0.336 e. The number of rotatable bonds is 2. The number of carbonyl (C=O) groups excluding carboxylic acids is 1. The van der Waals surface area contributed by atoms with Gasteiger partial charge in [-0.15, -0.1) is 0 Å². The summed E-state index contributed by atoms with van der Waals surface area (Å²) in [6, 6.07) is 0. The van der Waals surface area contributed by atoms with Gasteiger partial charge in [0.05, 0.1) is 12.2 Å². The molecule has 2 saturated carbocycles. The number of esters is 1. The van der Waals surface area contributed by atoms with Gasteiger partial charge >= 0.3 is 5.97 Å². The fourth-order valence-electron chi connectivity index (χ4n) is 3.95. The van der Waals surface area contributed by atoms with Gasteiger partial charge in [-0.2, -0.15) is 0 Å². The lowest BCUT2D eigenvalue weighted by atomic mass is 9.68. The van der Waals surface area contributed by atoms with E-state index in [4.69, 9.17) is 4.74 Å². The van der Waals surface area contributed by atoms with Crippen LogP contribution in [0.5, 0.6) is 0 Å². The third-order valence-electron chi connectivity index (χ3n) is 4.64. The van der Waals surface area contributed by atoms with Crippen molar-refractivity contribution in [2.45, 2.75) is 38.2 Å². The molecule has 0 bridgehead atoms. The molecule has 0 aromatic heterocycles. The number of hydrogen-bond donors (Lipinski definition) is 1. The molecule has 3 aliphatic rings. The second-order valence-electron chi connectivity index (χ2n) is 5.27. The van der Waals surface area contributed by atoms with Crippen LogP contribution in [0.1, 0.15) is 32.6 Å². The van der Waals surface area contributed by atoms with Gasteiger partial charge in [0, 0.05) is 5.92 Å². The number of hydrogen-bond acceptors (Lipinski definition) is 3. The van der Waals surface area contributed by atoms with Crippen LogP contribution in [0.15, 0.2) is 11.6 Å². The Balaban J connectivity index is 1.84. The molecule has 16 heavy (non-hydrogen) atoms. The molecule has 2 fully saturated rings. The minimum absolute atomic E-state index is 0.210. The van der Waals surface area contributed by atoms with E-state index in [0.29, 0.717) is 24.0 Å². The lowest BCUT2D eigenvalue weighted by Gasteiger charge is -2.42. The standard InChI is InChI=1S/C13H18O3/c1-2-16-12(14)11-7-9-6-8-4-3-5-10(8)13(9,11)15/h7-10,15H,2-6H2,1H3/t8-,9-,10-,13-/m0/s1.